The standard InChI is InChI=1S/C12H16N6O/c1-16-7-9(6-15-16)11(13)12(19)18-5-4-17-3-2-14-10(17)8-18/h2-3,6-7,11H,4-5,8,13H2,1H3. The van der Waals surface area contributed by atoms with Crippen molar-refractivity contribution >= 4 is 5.91 Å². The number of carbonyl (C=O) groups excluding carboxylic acids is 1. The topological polar surface area (TPSA) is 82.0 Å². The Morgan fingerprint density at radius 2 is 2.32 bits per heavy atom. The summed E-state index contributed by atoms with van der Waals surface area (Å²) in [4.78, 5) is 18.4. The van der Waals surface area contributed by atoms with E-state index < -0.39 is 6.04 Å². The first-order chi connectivity index (χ1) is 9.15. The molecule has 3 rings (SSSR count). The second-order valence-electron chi connectivity index (χ2n) is 4.72. The van der Waals surface area contributed by atoms with Crippen LogP contribution < -0.4 is 5.73 Å². The molecule has 0 radical (unpaired) electrons. The molecule has 0 fully saturated rings. The van der Waals surface area contributed by atoms with Gasteiger partial charge >= 0.3 is 0 Å². The van der Waals surface area contributed by atoms with Gasteiger partial charge in [-0.25, -0.2) is 4.98 Å². The van der Waals surface area contributed by atoms with Crippen LogP contribution in [0.1, 0.15) is 17.4 Å². The molecule has 0 aromatic carbocycles. The number of fused-ring (bicyclic) bond motifs is 1. The molecule has 1 aliphatic heterocycles. The maximum absolute atomic E-state index is 12.4. The summed E-state index contributed by atoms with van der Waals surface area (Å²) in [5.41, 5.74) is 6.74. The van der Waals surface area contributed by atoms with Crippen LogP contribution in [0.25, 0.3) is 0 Å². The van der Waals surface area contributed by atoms with Crippen LogP contribution in [0.5, 0.6) is 0 Å². The first kappa shape index (κ1) is 11.9. The van der Waals surface area contributed by atoms with E-state index in [0.29, 0.717) is 13.1 Å². The lowest BCUT2D eigenvalue weighted by molar-refractivity contribution is -0.134. The first-order valence-corrected chi connectivity index (χ1v) is 6.18. The van der Waals surface area contributed by atoms with Crippen molar-refractivity contribution in [3.05, 3.63) is 36.2 Å². The maximum Gasteiger partial charge on any atom is 0.244 e. The van der Waals surface area contributed by atoms with Crippen LogP contribution in [0.3, 0.4) is 0 Å². The van der Waals surface area contributed by atoms with Crippen LogP contribution in [-0.2, 0) is 24.9 Å². The van der Waals surface area contributed by atoms with Crippen molar-refractivity contribution in [2.45, 2.75) is 19.1 Å². The van der Waals surface area contributed by atoms with Gasteiger partial charge in [-0.1, -0.05) is 0 Å². The summed E-state index contributed by atoms with van der Waals surface area (Å²) < 4.78 is 3.70. The van der Waals surface area contributed by atoms with Gasteiger partial charge in [0.1, 0.15) is 11.9 Å². The van der Waals surface area contributed by atoms with Crippen molar-refractivity contribution < 1.29 is 4.79 Å². The van der Waals surface area contributed by atoms with E-state index >= 15 is 0 Å². The number of hydrogen-bond donors (Lipinski definition) is 1. The highest BCUT2D eigenvalue weighted by Gasteiger charge is 2.27. The minimum atomic E-state index is -0.657. The molecule has 1 aliphatic rings. The quantitative estimate of drug-likeness (QED) is 0.800. The second-order valence-corrected chi connectivity index (χ2v) is 4.72. The molecule has 1 unspecified atom stereocenters. The minimum absolute atomic E-state index is 0.0812. The Morgan fingerprint density at radius 1 is 1.47 bits per heavy atom. The summed E-state index contributed by atoms with van der Waals surface area (Å²) in [6.45, 7) is 1.94. The van der Waals surface area contributed by atoms with Gasteiger partial charge in [0, 0.05) is 44.3 Å². The highest BCUT2D eigenvalue weighted by atomic mass is 16.2. The predicted molar refractivity (Wildman–Crippen MR) is 67.8 cm³/mol. The minimum Gasteiger partial charge on any atom is -0.332 e. The molecule has 7 nitrogen and oxygen atoms in total. The van der Waals surface area contributed by atoms with Gasteiger partial charge in [0.2, 0.25) is 5.91 Å². The third kappa shape index (κ3) is 2.12. The van der Waals surface area contributed by atoms with Crippen molar-refractivity contribution in [2.24, 2.45) is 12.8 Å². The number of amides is 1. The third-order valence-electron chi connectivity index (χ3n) is 3.41. The van der Waals surface area contributed by atoms with E-state index in [0.717, 1.165) is 17.9 Å². The number of carbonyl (C=O) groups is 1. The number of imidazole rings is 1. The molecule has 2 aromatic rings. The Morgan fingerprint density at radius 3 is 3.05 bits per heavy atom. The number of aryl methyl sites for hydroxylation is 1. The Labute approximate surface area is 110 Å². The second kappa shape index (κ2) is 4.51. The van der Waals surface area contributed by atoms with Gasteiger partial charge in [0.15, 0.2) is 0 Å². The molecule has 1 amide bonds. The van der Waals surface area contributed by atoms with E-state index in [9.17, 15) is 4.79 Å². The summed E-state index contributed by atoms with van der Waals surface area (Å²) in [5.74, 6) is 0.820. The Hall–Kier alpha value is -2.15. The molecule has 0 spiro atoms. The molecular formula is C12H16N6O. The predicted octanol–water partition coefficient (Wildman–Crippen LogP) is -0.341. The SMILES string of the molecule is Cn1cc(C(N)C(=O)N2CCn3ccnc3C2)cn1. The summed E-state index contributed by atoms with van der Waals surface area (Å²) in [5, 5.41) is 4.04. The molecule has 2 N–H and O–H groups in total. The van der Waals surface area contributed by atoms with Crippen molar-refractivity contribution in [1.29, 1.82) is 0 Å². The van der Waals surface area contributed by atoms with Crippen LogP contribution in [0.2, 0.25) is 0 Å². The average molecular weight is 260 g/mol. The summed E-state index contributed by atoms with van der Waals surface area (Å²) in [6.07, 6.45) is 7.09. The average Bonchev–Trinajstić information content (AvgIpc) is 3.04. The number of aromatic nitrogens is 4. The van der Waals surface area contributed by atoms with Crippen molar-refractivity contribution in [3.8, 4) is 0 Å². The summed E-state index contributed by atoms with van der Waals surface area (Å²) in [6, 6.07) is -0.657. The van der Waals surface area contributed by atoms with Gasteiger partial charge in [0.05, 0.1) is 12.7 Å². The van der Waals surface area contributed by atoms with Crippen molar-refractivity contribution in [1.82, 2.24) is 24.2 Å². The number of nitrogens with two attached hydrogens (primary N) is 1. The maximum atomic E-state index is 12.4. The fourth-order valence-electron chi connectivity index (χ4n) is 2.30. The van der Waals surface area contributed by atoms with Crippen molar-refractivity contribution in [2.75, 3.05) is 6.54 Å². The summed E-state index contributed by atoms with van der Waals surface area (Å²) >= 11 is 0. The normalized spacial score (nSPS) is 16.2. The molecule has 0 saturated heterocycles. The molecule has 19 heavy (non-hydrogen) atoms. The molecule has 0 saturated carbocycles. The number of nitrogens with zero attached hydrogens (tertiary/aromatic N) is 5. The zero-order chi connectivity index (χ0) is 13.4. The first-order valence-electron chi connectivity index (χ1n) is 6.18. The molecular weight excluding hydrogens is 244 g/mol. The largest absolute Gasteiger partial charge is 0.332 e. The molecule has 0 aliphatic carbocycles. The lowest BCUT2D eigenvalue weighted by Gasteiger charge is -2.29. The van der Waals surface area contributed by atoms with E-state index in [4.69, 9.17) is 5.73 Å². The van der Waals surface area contributed by atoms with Crippen LogP contribution in [0.4, 0.5) is 0 Å². The van der Waals surface area contributed by atoms with E-state index in [1.54, 1.807) is 35.2 Å². The fourth-order valence-corrected chi connectivity index (χ4v) is 2.30. The van der Waals surface area contributed by atoms with Crippen molar-refractivity contribution in [3.63, 3.8) is 0 Å². The zero-order valence-electron chi connectivity index (χ0n) is 10.7. The summed E-state index contributed by atoms with van der Waals surface area (Å²) in [7, 11) is 1.80. The lowest BCUT2D eigenvalue weighted by Crippen LogP contribution is -2.43. The Balaban J connectivity index is 1.75. The van der Waals surface area contributed by atoms with Gasteiger partial charge in [-0.05, 0) is 0 Å². The molecule has 1 atom stereocenters. The number of hydrogen-bond acceptors (Lipinski definition) is 4. The van der Waals surface area contributed by atoms with Crippen LogP contribution in [-0.4, -0.2) is 36.7 Å². The van der Waals surface area contributed by atoms with E-state index in [2.05, 4.69) is 14.6 Å². The van der Waals surface area contributed by atoms with E-state index in [1.807, 2.05) is 6.20 Å². The van der Waals surface area contributed by atoms with Crippen LogP contribution >= 0.6 is 0 Å². The van der Waals surface area contributed by atoms with Gasteiger partial charge in [-0.15, -0.1) is 0 Å². The highest BCUT2D eigenvalue weighted by Crippen LogP contribution is 2.17. The van der Waals surface area contributed by atoms with Gasteiger partial charge in [0.25, 0.3) is 0 Å². The third-order valence-corrected chi connectivity index (χ3v) is 3.41. The lowest BCUT2D eigenvalue weighted by atomic mass is 10.1. The molecule has 7 heteroatoms. The van der Waals surface area contributed by atoms with Crippen LogP contribution in [0, 0.1) is 0 Å². The smallest absolute Gasteiger partial charge is 0.244 e. The van der Waals surface area contributed by atoms with E-state index in [-0.39, 0.29) is 5.91 Å². The Kier molecular flexibility index (Phi) is 2.83. The van der Waals surface area contributed by atoms with Gasteiger partial charge in [-0.2, -0.15) is 5.10 Å². The van der Waals surface area contributed by atoms with Crippen LogP contribution in [0.15, 0.2) is 24.8 Å². The number of rotatable bonds is 2. The molecule has 100 valence electrons. The Bertz CT molecular complexity index is 601. The monoisotopic (exact) mass is 260 g/mol. The molecule has 2 aromatic heterocycles. The van der Waals surface area contributed by atoms with Gasteiger partial charge in [-0.3, -0.25) is 9.48 Å². The zero-order valence-corrected chi connectivity index (χ0v) is 10.7. The highest BCUT2D eigenvalue weighted by molar-refractivity contribution is 5.83. The molecule has 3 heterocycles. The molecule has 0 bridgehead atoms. The fraction of sp³-hybridized carbons (Fsp3) is 0.417. The van der Waals surface area contributed by atoms with Gasteiger partial charge < -0.3 is 15.2 Å². The van der Waals surface area contributed by atoms with E-state index in [1.165, 1.54) is 0 Å².